The van der Waals surface area contributed by atoms with Crippen LogP contribution in [0.4, 0.5) is 10.5 Å². The Balaban J connectivity index is 1.42. The van der Waals surface area contributed by atoms with Gasteiger partial charge in [0.1, 0.15) is 6.61 Å². The number of benzene rings is 4. The van der Waals surface area contributed by atoms with E-state index in [1.807, 2.05) is 91.0 Å². The Morgan fingerprint density at radius 3 is 1.85 bits per heavy atom. The number of ether oxygens (including phenoxy) is 2. The average Bonchev–Trinajstić information content (AvgIpc) is 2.85. The van der Waals surface area contributed by atoms with Gasteiger partial charge in [0.25, 0.3) is 0 Å². The molecule has 1 amide bonds. The van der Waals surface area contributed by atoms with Crippen molar-refractivity contribution < 1.29 is 19.1 Å². The van der Waals surface area contributed by atoms with E-state index in [1.54, 1.807) is 12.1 Å². The van der Waals surface area contributed by atoms with Crippen molar-refractivity contribution in [2.24, 2.45) is 0 Å². The number of hydrogen-bond donors (Lipinski definition) is 1. The van der Waals surface area contributed by atoms with E-state index in [4.69, 9.17) is 9.47 Å². The lowest BCUT2D eigenvalue weighted by molar-refractivity contribution is -0.131. The summed E-state index contributed by atoms with van der Waals surface area (Å²) in [5.74, 6) is -0.219. The van der Waals surface area contributed by atoms with Crippen molar-refractivity contribution in [3.63, 3.8) is 0 Å². The Labute approximate surface area is 192 Å². The van der Waals surface area contributed by atoms with E-state index in [9.17, 15) is 9.59 Å². The van der Waals surface area contributed by atoms with Crippen LogP contribution >= 0.6 is 0 Å². The summed E-state index contributed by atoms with van der Waals surface area (Å²) in [6.07, 6.45) is -0.636. The first kappa shape index (κ1) is 21.8. The molecule has 4 rings (SSSR count). The number of carbonyl (C=O) groups is 2. The van der Waals surface area contributed by atoms with E-state index in [1.165, 1.54) is 6.92 Å². The molecule has 0 spiro atoms. The second-order valence-electron chi connectivity index (χ2n) is 7.43. The van der Waals surface area contributed by atoms with Crippen LogP contribution in [-0.4, -0.2) is 12.1 Å². The summed E-state index contributed by atoms with van der Waals surface area (Å²) in [5.41, 5.74) is 5.27. The minimum Gasteiger partial charge on any atom is -0.444 e. The molecule has 0 saturated carbocycles. The van der Waals surface area contributed by atoms with Gasteiger partial charge in [-0.15, -0.1) is 0 Å². The van der Waals surface area contributed by atoms with E-state index >= 15 is 0 Å². The first-order valence-electron chi connectivity index (χ1n) is 10.5. The second-order valence-corrected chi connectivity index (χ2v) is 7.43. The molecule has 5 heteroatoms. The van der Waals surface area contributed by atoms with Crippen LogP contribution in [0.5, 0.6) is 5.75 Å². The van der Waals surface area contributed by atoms with Crippen LogP contribution in [0.15, 0.2) is 103 Å². The predicted molar refractivity (Wildman–Crippen MR) is 129 cm³/mol. The Morgan fingerprint density at radius 2 is 1.24 bits per heavy atom. The van der Waals surface area contributed by atoms with Gasteiger partial charge in [-0.05, 0) is 39.9 Å². The van der Waals surface area contributed by atoms with Gasteiger partial charge < -0.3 is 9.47 Å². The van der Waals surface area contributed by atoms with Crippen molar-refractivity contribution in [3.05, 3.63) is 109 Å². The van der Waals surface area contributed by atoms with Crippen molar-refractivity contribution in [3.8, 4) is 28.0 Å². The zero-order valence-electron chi connectivity index (χ0n) is 18.2. The maximum atomic E-state index is 12.4. The summed E-state index contributed by atoms with van der Waals surface area (Å²) in [6.45, 7) is 1.43. The van der Waals surface area contributed by atoms with E-state index in [2.05, 4.69) is 5.32 Å². The number of carbonyl (C=O) groups excluding carboxylic acids is 2. The number of hydrogen-bond acceptors (Lipinski definition) is 4. The van der Waals surface area contributed by atoms with Crippen LogP contribution in [0.25, 0.3) is 22.3 Å². The Bertz CT molecular complexity index is 1240. The maximum absolute atomic E-state index is 12.4. The van der Waals surface area contributed by atoms with Gasteiger partial charge in [0.05, 0.1) is 5.69 Å². The maximum Gasteiger partial charge on any atom is 0.412 e. The molecule has 0 atom stereocenters. The zero-order valence-corrected chi connectivity index (χ0v) is 18.2. The highest BCUT2D eigenvalue weighted by atomic mass is 16.6. The van der Waals surface area contributed by atoms with Gasteiger partial charge in [-0.25, -0.2) is 4.79 Å². The van der Waals surface area contributed by atoms with Gasteiger partial charge in [-0.1, -0.05) is 91.0 Å². The number of esters is 1. The minimum atomic E-state index is -0.636. The summed E-state index contributed by atoms with van der Waals surface area (Å²) in [5, 5.41) is 2.66. The third-order valence-corrected chi connectivity index (χ3v) is 5.01. The molecule has 0 aromatic heterocycles. The quantitative estimate of drug-likeness (QED) is 0.269. The van der Waals surface area contributed by atoms with Crippen molar-refractivity contribution in [2.45, 2.75) is 13.5 Å². The lowest BCUT2D eigenvalue weighted by Gasteiger charge is -2.13. The Kier molecular flexibility index (Phi) is 6.81. The Morgan fingerprint density at radius 1 is 0.697 bits per heavy atom. The van der Waals surface area contributed by atoms with Crippen molar-refractivity contribution in [1.29, 1.82) is 0 Å². The summed E-state index contributed by atoms with van der Waals surface area (Å²) >= 11 is 0. The largest absolute Gasteiger partial charge is 0.444 e. The molecular formula is C28H23NO4. The van der Waals surface area contributed by atoms with Gasteiger partial charge in [-0.3, -0.25) is 10.1 Å². The first-order chi connectivity index (χ1) is 16.1. The SMILES string of the molecule is CC(=O)Oc1cc(-c2ccccc2)ccc1NC(=O)OCc1ccc(-c2ccccc2)cc1. The fourth-order valence-electron chi connectivity index (χ4n) is 3.39. The van der Waals surface area contributed by atoms with Gasteiger partial charge >= 0.3 is 12.1 Å². The monoisotopic (exact) mass is 437 g/mol. The molecule has 4 aromatic rings. The summed E-state index contributed by atoms with van der Waals surface area (Å²) in [7, 11) is 0. The predicted octanol–water partition coefficient (Wildman–Crippen LogP) is 6.69. The van der Waals surface area contributed by atoms with Crippen LogP contribution in [0, 0.1) is 0 Å². The van der Waals surface area contributed by atoms with Crippen LogP contribution < -0.4 is 10.1 Å². The average molecular weight is 437 g/mol. The minimum absolute atomic E-state index is 0.117. The highest BCUT2D eigenvalue weighted by Crippen LogP contribution is 2.31. The van der Waals surface area contributed by atoms with Crippen molar-refractivity contribution >= 4 is 17.7 Å². The number of anilines is 1. The molecule has 33 heavy (non-hydrogen) atoms. The molecular weight excluding hydrogens is 414 g/mol. The molecule has 0 aliphatic heterocycles. The first-order valence-corrected chi connectivity index (χ1v) is 10.5. The molecule has 0 heterocycles. The molecule has 0 aliphatic carbocycles. The molecule has 1 N–H and O–H groups in total. The number of rotatable bonds is 6. The lowest BCUT2D eigenvalue weighted by atomic mass is 10.0. The van der Waals surface area contributed by atoms with Gasteiger partial charge in [0.15, 0.2) is 5.75 Å². The van der Waals surface area contributed by atoms with Gasteiger partial charge in [0.2, 0.25) is 0 Å². The Hall–Kier alpha value is -4.38. The topological polar surface area (TPSA) is 64.6 Å². The molecule has 164 valence electrons. The summed E-state index contributed by atoms with van der Waals surface area (Å²) in [6, 6.07) is 32.8. The summed E-state index contributed by atoms with van der Waals surface area (Å²) < 4.78 is 10.7. The normalized spacial score (nSPS) is 10.3. The highest BCUT2D eigenvalue weighted by Gasteiger charge is 2.13. The van der Waals surface area contributed by atoms with Gasteiger partial charge in [-0.2, -0.15) is 0 Å². The van der Waals surface area contributed by atoms with Crippen LogP contribution in [-0.2, 0) is 16.1 Å². The van der Waals surface area contributed by atoms with Gasteiger partial charge in [0, 0.05) is 6.92 Å². The van der Waals surface area contributed by atoms with Crippen LogP contribution in [0.2, 0.25) is 0 Å². The van der Waals surface area contributed by atoms with Crippen LogP contribution in [0.1, 0.15) is 12.5 Å². The highest BCUT2D eigenvalue weighted by molar-refractivity contribution is 5.89. The molecule has 4 aromatic carbocycles. The van der Waals surface area contributed by atoms with E-state index in [0.717, 1.165) is 27.8 Å². The zero-order chi connectivity index (χ0) is 23.0. The fourth-order valence-corrected chi connectivity index (χ4v) is 3.39. The molecule has 0 aliphatic rings. The van der Waals surface area contributed by atoms with E-state index in [0.29, 0.717) is 5.69 Å². The van der Waals surface area contributed by atoms with Crippen molar-refractivity contribution in [1.82, 2.24) is 0 Å². The third-order valence-electron chi connectivity index (χ3n) is 5.01. The van der Waals surface area contributed by atoms with Crippen LogP contribution in [0.3, 0.4) is 0 Å². The second kappa shape index (κ2) is 10.3. The standard InChI is InChI=1S/C28H23NO4/c1-20(30)33-27-18-25(23-10-6-3-7-11-23)16-17-26(27)29-28(31)32-19-21-12-14-24(15-13-21)22-8-4-2-5-9-22/h2-18H,19H2,1H3,(H,29,31). The lowest BCUT2D eigenvalue weighted by Crippen LogP contribution is -2.15. The molecule has 0 saturated heterocycles. The van der Waals surface area contributed by atoms with E-state index < -0.39 is 12.1 Å². The fraction of sp³-hybridized carbons (Fsp3) is 0.0714. The smallest absolute Gasteiger partial charge is 0.412 e. The molecule has 5 nitrogen and oxygen atoms in total. The molecule has 0 radical (unpaired) electrons. The third kappa shape index (κ3) is 5.86. The molecule has 0 unspecified atom stereocenters. The van der Waals surface area contributed by atoms with E-state index in [-0.39, 0.29) is 12.4 Å². The molecule has 0 fully saturated rings. The number of nitrogens with one attached hydrogen (secondary N) is 1. The summed E-state index contributed by atoms with van der Waals surface area (Å²) in [4.78, 5) is 24.0. The van der Waals surface area contributed by atoms with Crippen molar-refractivity contribution in [2.75, 3.05) is 5.32 Å². The number of amides is 1. The molecule has 0 bridgehead atoms.